The van der Waals surface area contributed by atoms with Gasteiger partial charge >= 0.3 is 0 Å². The molecule has 0 unspecified atom stereocenters. The van der Waals surface area contributed by atoms with Crippen molar-refractivity contribution in [3.05, 3.63) is 23.2 Å². The van der Waals surface area contributed by atoms with Crippen LogP contribution in [0.1, 0.15) is 26.2 Å². The van der Waals surface area contributed by atoms with E-state index >= 15 is 0 Å². The lowest BCUT2D eigenvalue weighted by Crippen LogP contribution is -2.92. The quantitative estimate of drug-likeness (QED) is 0.633. The van der Waals surface area contributed by atoms with E-state index in [1.807, 2.05) is 5.32 Å². The Labute approximate surface area is 160 Å². The molecule has 1 aromatic rings. The maximum atomic E-state index is 12.8. The summed E-state index contributed by atoms with van der Waals surface area (Å²) in [5, 5.41) is 4.88. The molecule has 1 aromatic carbocycles. The van der Waals surface area contributed by atoms with Crippen LogP contribution in [0.15, 0.2) is 23.1 Å². The Morgan fingerprint density at radius 3 is 2.69 bits per heavy atom. The van der Waals surface area contributed by atoms with E-state index in [4.69, 9.17) is 16.3 Å². The summed E-state index contributed by atoms with van der Waals surface area (Å²) < 4.78 is 32.0. The Kier molecular flexibility index (Phi) is 7.85. The molecule has 1 saturated heterocycles. The van der Waals surface area contributed by atoms with Crippen LogP contribution < -0.4 is 10.6 Å². The molecule has 0 saturated carbocycles. The molecule has 1 heterocycles. The van der Waals surface area contributed by atoms with Crippen molar-refractivity contribution >= 4 is 33.2 Å². The second-order valence-electron chi connectivity index (χ2n) is 6.40. The van der Waals surface area contributed by atoms with Crippen molar-refractivity contribution in [2.45, 2.75) is 37.1 Å². The molecular formula is C17H27ClN3O4S+. The first-order valence-corrected chi connectivity index (χ1v) is 10.6. The van der Waals surface area contributed by atoms with E-state index in [2.05, 4.69) is 5.32 Å². The lowest BCUT2D eigenvalue weighted by Gasteiger charge is -2.26. The van der Waals surface area contributed by atoms with Gasteiger partial charge < -0.3 is 15.4 Å². The molecule has 1 aliphatic heterocycles. The van der Waals surface area contributed by atoms with Gasteiger partial charge in [-0.2, -0.15) is 4.31 Å². The average molecular weight is 405 g/mol. The zero-order chi connectivity index (χ0) is 19.2. The summed E-state index contributed by atoms with van der Waals surface area (Å²) >= 11 is 6.15. The van der Waals surface area contributed by atoms with Gasteiger partial charge in [0.25, 0.3) is 5.91 Å². The summed E-state index contributed by atoms with van der Waals surface area (Å²) in [6.45, 7) is 4.02. The third-order valence-electron chi connectivity index (χ3n) is 4.40. The molecule has 9 heteroatoms. The highest BCUT2D eigenvalue weighted by molar-refractivity contribution is 7.89. The summed E-state index contributed by atoms with van der Waals surface area (Å²) in [6, 6.07) is 4.08. The number of amides is 1. The summed E-state index contributed by atoms with van der Waals surface area (Å²) in [5.74, 6) is -0.240. The van der Waals surface area contributed by atoms with Gasteiger partial charge in [-0.3, -0.25) is 4.79 Å². The van der Waals surface area contributed by atoms with Crippen LogP contribution >= 0.6 is 11.6 Å². The molecule has 0 aromatic heterocycles. The highest BCUT2D eigenvalue weighted by atomic mass is 35.5. The van der Waals surface area contributed by atoms with Gasteiger partial charge in [0, 0.05) is 20.2 Å². The SMILES string of the molecule is COCC[NH2+][C@H](C)C(=O)Nc1cc(S(=O)(=O)N2CCCCC2)ccc1Cl. The van der Waals surface area contributed by atoms with Gasteiger partial charge in [0.2, 0.25) is 10.0 Å². The minimum absolute atomic E-state index is 0.148. The number of ether oxygens (including phenoxy) is 1. The van der Waals surface area contributed by atoms with Gasteiger partial charge in [0.1, 0.15) is 0 Å². The molecule has 0 spiro atoms. The minimum Gasteiger partial charge on any atom is -0.379 e. The van der Waals surface area contributed by atoms with Crippen molar-refractivity contribution in [3.63, 3.8) is 0 Å². The van der Waals surface area contributed by atoms with Crippen LogP contribution in [0.5, 0.6) is 0 Å². The largest absolute Gasteiger partial charge is 0.379 e. The van der Waals surface area contributed by atoms with Crippen molar-refractivity contribution in [2.75, 3.05) is 38.7 Å². The number of nitrogens with zero attached hydrogens (tertiary/aromatic N) is 1. The first kappa shape index (κ1) is 21.1. The standard InChI is InChI=1S/C17H26ClN3O4S/c1-13(19-8-11-25-2)17(22)20-16-12-14(6-7-15(16)18)26(23,24)21-9-4-3-5-10-21/h6-7,12-13,19H,3-5,8-11H2,1-2H3,(H,20,22)/p+1/t13-/m1/s1. The maximum absolute atomic E-state index is 12.8. The van der Waals surface area contributed by atoms with E-state index in [9.17, 15) is 13.2 Å². The van der Waals surface area contributed by atoms with Gasteiger partial charge in [-0.15, -0.1) is 0 Å². The number of nitrogens with one attached hydrogen (secondary N) is 1. The van der Waals surface area contributed by atoms with Crippen molar-refractivity contribution in [2.24, 2.45) is 0 Å². The number of carbonyl (C=O) groups is 1. The van der Waals surface area contributed by atoms with Crippen LogP contribution in [-0.4, -0.2) is 58.0 Å². The zero-order valence-corrected chi connectivity index (χ0v) is 16.8. The third kappa shape index (κ3) is 5.40. The topological polar surface area (TPSA) is 92.3 Å². The van der Waals surface area contributed by atoms with Crippen molar-refractivity contribution in [1.29, 1.82) is 0 Å². The van der Waals surface area contributed by atoms with Crippen molar-refractivity contribution in [1.82, 2.24) is 4.31 Å². The molecule has 0 bridgehead atoms. The monoisotopic (exact) mass is 404 g/mol. The van der Waals surface area contributed by atoms with E-state index in [1.165, 1.54) is 22.5 Å². The van der Waals surface area contributed by atoms with Gasteiger partial charge in [-0.25, -0.2) is 8.42 Å². The zero-order valence-electron chi connectivity index (χ0n) is 15.2. The number of quaternary nitrogens is 1. The number of piperidine rings is 1. The maximum Gasteiger partial charge on any atom is 0.282 e. The number of hydrogen-bond donors (Lipinski definition) is 2. The van der Waals surface area contributed by atoms with E-state index in [0.29, 0.717) is 37.0 Å². The molecule has 1 atom stereocenters. The fraction of sp³-hybridized carbons (Fsp3) is 0.588. The van der Waals surface area contributed by atoms with Crippen LogP contribution in [0.4, 0.5) is 5.69 Å². The van der Waals surface area contributed by atoms with Crippen LogP contribution in [0.25, 0.3) is 0 Å². The summed E-state index contributed by atoms with van der Waals surface area (Å²) in [7, 11) is -1.97. The average Bonchev–Trinajstić information content (AvgIpc) is 2.64. The van der Waals surface area contributed by atoms with Crippen LogP contribution in [0.3, 0.4) is 0 Å². The third-order valence-corrected chi connectivity index (χ3v) is 6.63. The number of halogens is 1. The second kappa shape index (κ2) is 9.66. The summed E-state index contributed by atoms with van der Waals surface area (Å²) in [6.07, 6.45) is 2.78. The number of hydrogen-bond acceptors (Lipinski definition) is 4. The molecule has 7 nitrogen and oxygen atoms in total. The van der Waals surface area contributed by atoms with Crippen LogP contribution in [0.2, 0.25) is 5.02 Å². The lowest BCUT2D eigenvalue weighted by atomic mass is 10.2. The van der Waals surface area contributed by atoms with E-state index in [-0.39, 0.29) is 16.8 Å². The number of sulfonamides is 1. The van der Waals surface area contributed by atoms with Crippen molar-refractivity contribution in [3.8, 4) is 0 Å². The molecule has 26 heavy (non-hydrogen) atoms. The molecule has 1 amide bonds. The molecule has 0 aliphatic carbocycles. The summed E-state index contributed by atoms with van der Waals surface area (Å²) in [4.78, 5) is 12.5. The molecule has 1 aliphatic rings. The first-order valence-electron chi connectivity index (χ1n) is 8.79. The fourth-order valence-corrected chi connectivity index (χ4v) is 4.51. The number of nitrogens with two attached hydrogens (primary N) is 1. The van der Waals surface area contributed by atoms with Crippen LogP contribution in [0, 0.1) is 0 Å². The number of anilines is 1. The van der Waals surface area contributed by atoms with E-state index in [1.54, 1.807) is 14.0 Å². The minimum atomic E-state index is -3.58. The predicted octanol–water partition coefficient (Wildman–Crippen LogP) is 1.05. The Bertz CT molecular complexity index is 721. The normalized spacial score (nSPS) is 17.0. The van der Waals surface area contributed by atoms with Gasteiger partial charge in [0.15, 0.2) is 6.04 Å². The highest BCUT2D eigenvalue weighted by Crippen LogP contribution is 2.28. The molecule has 2 rings (SSSR count). The van der Waals surface area contributed by atoms with E-state index in [0.717, 1.165) is 19.3 Å². The number of benzene rings is 1. The Morgan fingerprint density at radius 2 is 2.04 bits per heavy atom. The molecule has 1 fully saturated rings. The Hall–Kier alpha value is -1.19. The number of methoxy groups -OCH3 is 1. The van der Waals surface area contributed by atoms with Crippen LogP contribution in [-0.2, 0) is 19.6 Å². The Morgan fingerprint density at radius 1 is 1.35 bits per heavy atom. The smallest absolute Gasteiger partial charge is 0.282 e. The van der Waals surface area contributed by atoms with Gasteiger partial charge in [0.05, 0.1) is 28.8 Å². The van der Waals surface area contributed by atoms with Gasteiger partial charge in [-0.05, 0) is 38.0 Å². The molecular weight excluding hydrogens is 378 g/mol. The second-order valence-corrected chi connectivity index (χ2v) is 8.75. The highest BCUT2D eigenvalue weighted by Gasteiger charge is 2.27. The fourth-order valence-electron chi connectivity index (χ4n) is 2.80. The molecule has 0 radical (unpaired) electrons. The predicted molar refractivity (Wildman–Crippen MR) is 101 cm³/mol. The lowest BCUT2D eigenvalue weighted by molar-refractivity contribution is -0.674. The number of carbonyl (C=O) groups excluding carboxylic acids is 1. The van der Waals surface area contributed by atoms with Crippen molar-refractivity contribution < 1.29 is 23.3 Å². The summed E-state index contributed by atoms with van der Waals surface area (Å²) in [5.41, 5.74) is 0.307. The Balaban J connectivity index is 2.12. The first-order chi connectivity index (χ1) is 12.4. The van der Waals surface area contributed by atoms with E-state index < -0.39 is 10.0 Å². The van der Waals surface area contributed by atoms with Gasteiger partial charge in [-0.1, -0.05) is 18.0 Å². The number of rotatable bonds is 8. The molecule has 3 N–H and O–H groups in total. The molecule has 146 valence electrons.